The summed E-state index contributed by atoms with van der Waals surface area (Å²) < 4.78 is 17.4. The summed E-state index contributed by atoms with van der Waals surface area (Å²) in [5, 5.41) is 6.11. The molecule has 1 amide bonds. The number of rotatable bonds is 8. The molecule has 3 aromatic carbocycles. The average molecular weight is 523 g/mol. The van der Waals surface area contributed by atoms with Crippen LogP contribution in [0, 0.1) is 0 Å². The van der Waals surface area contributed by atoms with Crippen LogP contribution in [-0.4, -0.2) is 43.7 Å². The van der Waals surface area contributed by atoms with Crippen LogP contribution in [0.3, 0.4) is 0 Å². The second kappa shape index (κ2) is 10.5. The van der Waals surface area contributed by atoms with Crippen molar-refractivity contribution in [2.45, 2.75) is 12.5 Å². The Morgan fingerprint density at radius 2 is 1.82 bits per heavy atom. The Balaban J connectivity index is 1.64. The fraction of sp³-hybridized carbons (Fsp3) is 0.192. The molecule has 0 N–H and O–H groups in total. The number of benzene rings is 3. The lowest BCUT2D eigenvalue weighted by atomic mass is 9.98. The van der Waals surface area contributed by atoms with Gasteiger partial charge in [0.25, 0.3) is 5.91 Å². The topological polar surface area (TPSA) is 77.4 Å². The number of aldehydes is 1. The fourth-order valence-corrected chi connectivity index (χ4v) is 4.22. The highest BCUT2D eigenvalue weighted by molar-refractivity contribution is 9.10. The van der Waals surface area contributed by atoms with Gasteiger partial charge in [0, 0.05) is 10.9 Å². The average Bonchev–Trinajstić information content (AvgIpc) is 3.32. The predicted octanol–water partition coefficient (Wildman–Crippen LogP) is 5.04. The molecule has 8 heteroatoms. The van der Waals surface area contributed by atoms with Crippen LogP contribution < -0.4 is 14.2 Å². The number of hydrogen-bond donors (Lipinski definition) is 0. The molecule has 0 aliphatic carbocycles. The van der Waals surface area contributed by atoms with Crippen molar-refractivity contribution in [2.24, 2.45) is 5.10 Å². The Labute approximate surface area is 206 Å². The van der Waals surface area contributed by atoms with Gasteiger partial charge >= 0.3 is 0 Å². The van der Waals surface area contributed by atoms with Gasteiger partial charge in [0.05, 0.1) is 31.5 Å². The highest BCUT2D eigenvalue weighted by Crippen LogP contribution is 2.37. The number of para-hydroxylation sites is 1. The molecule has 1 atom stereocenters. The number of carbonyl (C=O) groups is 2. The van der Waals surface area contributed by atoms with Crippen LogP contribution in [0.2, 0.25) is 0 Å². The van der Waals surface area contributed by atoms with Crippen LogP contribution in [0.25, 0.3) is 0 Å². The minimum Gasteiger partial charge on any atom is -0.493 e. The molecular weight excluding hydrogens is 500 g/mol. The Kier molecular flexibility index (Phi) is 7.27. The van der Waals surface area contributed by atoms with Crippen LogP contribution in [0.15, 0.2) is 76.3 Å². The SMILES string of the molecule is COc1ccc(C2CC(c3cccc(Br)c3)=NN2C(=O)COc2ccccc2C=O)cc1OC. The molecule has 174 valence electrons. The normalized spacial score (nSPS) is 15.0. The highest BCUT2D eigenvalue weighted by atomic mass is 79.9. The van der Waals surface area contributed by atoms with E-state index >= 15 is 0 Å². The van der Waals surface area contributed by atoms with E-state index < -0.39 is 0 Å². The van der Waals surface area contributed by atoms with E-state index in [2.05, 4.69) is 21.0 Å². The van der Waals surface area contributed by atoms with Crippen LogP contribution in [0.4, 0.5) is 0 Å². The minimum atomic E-state index is -0.355. The van der Waals surface area contributed by atoms with Crippen molar-refractivity contribution < 1.29 is 23.8 Å². The zero-order valence-electron chi connectivity index (χ0n) is 18.7. The maximum atomic E-state index is 13.3. The predicted molar refractivity (Wildman–Crippen MR) is 132 cm³/mol. The van der Waals surface area contributed by atoms with E-state index in [1.54, 1.807) is 38.5 Å². The monoisotopic (exact) mass is 522 g/mol. The summed E-state index contributed by atoms with van der Waals surface area (Å²) in [5.74, 6) is 1.19. The third kappa shape index (κ3) is 4.97. The quantitative estimate of drug-likeness (QED) is 0.387. The molecule has 0 fully saturated rings. The fourth-order valence-electron chi connectivity index (χ4n) is 3.82. The Hall–Kier alpha value is -3.65. The Morgan fingerprint density at radius 3 is 2.56 bits per heavy atom. The van der Waals surface area contributed by atoms with Gasteiger partial charge in [-0.1, -0.05) is 46.3 Å². The van der Waals surface area contributed by atoms with Crippen LogP contribution >= 0.6 is 15.9 Å². The molecule has 7 nitrogen and oxygen atoms in total. The maximum Gasteiger partial charge on any atom is 0.281 e. The van der Waals surface area contributed by atoms with Crippen molar-refractivity contribution in [2.75, 3.05) is 20.8 Å². The summed E-state index contributed by atoms with van der Waals surface area (Å²) in [6.07, 6.45) is 1.22. The number of nitrogens with zero attached hydrogens (tertiary/aromatic N) is 2. The zero-order valence-corrected chi connectivity index (χ0v) is 20.3. The van der Waals surface area contributed by atoms with E-state index in [9.17, 15) is 9.59 Å². The van der Waals surface area contributed by atoms with Gasteiger partial charge in [-0.25, -0.2) is 5.01 Å². The molecule has 34 heavy (non-hydrogen) atoms. The van der Waals surface area contributed by atoms with Crippen molar-refractivity contribution in [3.63, 3.8) is 0 Å². The molecule has 4 rings (SSSR count). The molecule has 1 heterocycles. The number of halogens is 1. The molecule has 1 aliphatic rings. The summed E-state index contributed by atoms with van der Waals surface area (Å²) in [5.41, 5.74) is 2.93. The summed E-state index contributed by atoms with van der Waals surface area (Å²) >= 11 is 3.50. The van der Waals surface area contributed by atoms with Crippen molar-refractivity contribution in [1.29, 1.82) is 0 Å². The molecule has 0 saturated carbocycles. The maximum absolute atomic E-state index is 13.3. The van der Waals surface area contributed by atoms with Gasteiger partial charge < -0.3 is 14.2 Å². The van der Waals surface area contributed by atoms with E-state index in [0.717, 1.165) is 21.3 Å². The van der Waals surface area contributed by atoms with E-state index in [0.29, 0.717) is 35.5 Å². The van der Waals surface area contributed by atoms with Crippen LogP contribution in [0.5, 0.6) is 17.2 Å². The summed E-state index contributed by atoms with van der Waals surface area (Å²) in [6, 6.07) is 19.8. The largest absolute Gasteiger partial charge is 0.493 e. The first-order valence-corrected chi connectivity index (χ1v) is 11.4. The van der Waals surface area contributed by atoms with E-state index in [1.807, 2.05) is 42.5 Å². The molecule has 0 aromatic heterocycles. The van der Waals surface area contributed by atoms with Gasteiger partial charge in [0.2, 0.25) is 0 Å². The summed E-state index contributed by atoms with van der Waals surface area (Å²) in [6.45, 7) is -0.260. The third-order valence-electron chi connectivity index (χ3n) is 5.51. The molecule has 0 bridgehead atoms. The van der Waals surface area contributed by atoms with Gasteiger partial charge in [-0.3, -0.25) is 9.59 Å². The first-order valence-electron chi connectivity index (χ1n) is 10.6. The van der Waals surface area contributed by atoms with Crippen molar-refractivity contribution in [3.05, 3.63) is 87.9 Å². The third-order valence-corrected chi connectivity index (χ3v) is 6.01. The summed E-state index contributed by atoms with van der Waals surface area (Å²) in [4.78, 5) is 24.5. The van der Waals surface area contributed by atoms with Crippen LogP contribution in [-0.2, 0) is 4.79 Å². The van der Waals surface area contributed by atoms with Gasteiger partial charge in [-0.15, -0.1) is 0 Å². The number of hydrogen-bond acceptors (Lipinski definition) is 6. The van der Waals surface area contributed by atoms with E-state index in [1.165, 1.54) is 5.01 Å². The first kappa shape index (κ1) is 23.5. The van der Waals surface area contributed by atoms with Crippen LogP contribution in [0.1, 0.15) is 33.9 Å². The van der Waals surface area contributed by atoms with Gasteiger partial charge in [-0.2, -0.15) is 5.10 Å². The van der Waals surface area contributed by atoms with Crippen molar-refractivity contribution in [1.82, 2.24) is 5.01 Å². The molecule has 1 aliphatic heterocycles. The number of amides is 1. The number of methoxy groups -OCH3 is 2. The Morgan fingerprint density at radius 1 is 1.03 bits per heavy atom. The molecule has 0 saturated heterocycles. The molecule has 3 aromatic rings. The lowest BCUT2D eigenvalue weighted by Gasteiger charge is -2.23. The second-order valence-corrected chi connectivity index (χ2v) is 8.49. The van der Waals surface area contributed by atoms with E-state index in [4.69, 9.17) is 14.2 Å². The van der Waals surface area contributed by atoms with Crippen molar-refractivity contribution >= 4 is 33.8 Å². The number of carbonyl (C=O) groups excluding carboxylic acids is 2. The van der Waals surface area contributed by atoms with Gasteiger partial charge in [0.15, 0.2) is 24.4 Å². The number of hydrazone groups is 1. The Bertz CT molecular complexity index is 1240. The minimum absolute atomic E-state index is 0.260. The zero-order chi connectivity index (χ0) is 24.1. The smallest absolute Gasteiger partial charge is 0.281 e. The standard InChI is InChI=1S/C26H23BrN2O5/c1-32-24-11-10-18(13-25(24)33-2)22-14-21(17-7-5-8-20(27)12-17)28-29(22)26(31)16-34-23-9-4-3-6-19(23)15-30/h3-13,15,22H,14,16H2,1-2H3. The van der Waals surface area contributed by atoms with Crippen molar-refractivity contribution in [3.8, 4) is 17.2 Å². The number of ether oxygens (including phenoxy) is 3. The van der Waals surface area contributed by atoms with E-state index in [-0.39, 0.29) is 18.6 Å². The lowest BCUT2D eigenvalue weighted by molar-refractivity contribution is -0.135. The summed E-state index contributed by atoms with van der Waals surface area (Å²) in [7, 11) is 3.15. The molecule has 1 unspecified atom stereocenters. The second-order valence-electron chi connectivity index (χ2n) is 7.57. The van der Waals surface area contributed by atoms with Gasteiger partial charge in [-0.05, 0) is 47.5 Å². The first-order chi connectivity index (χ1) is 16.5. The highest BCUT2D eigenvalue weighted by Gasteiger charge is 2.34. The molecule has 0 radical (unpaired) electrons. The molecular formula is C26H23BrN2O5. The van der Waals surface area contributed by atoms with Gasteiger partial charge in [0.1, 0.15) is 5.75 Å². The molecule has 0 spiro atoms. The lowest BCUT2D eigenvalue weighted by Crippen LogP contribution is -2.31.